The van der Waals surface area contributed by atoms with Crippen LogP contribution >= 0.6 is 0 Å². The van der Waals surface area contributed by atoms with Crippen LogP contribution in [0.1, 0.15) is 6.92 Å². The number of aromatic amines is 1. The van der Waals surface area contributed by atoms with Gasteiger partial charge in [-0.1, -0.05) is 0 Å². The maximum absolute atomic E-state index is 10.8. The van der Waals surface area contributed by atoms with E-state index in [1.54, 1.807) is 19.2 Å². The molecule has 78 valence electrons. The summed E-state index contributed by atoms with van der Waals surface area (Å²) in [5.41, 5.74) is 0.582. The number of rotatable bonds is 3. The van der Waals surface area contributed by atoms with Gasteiger partial charge in [0.1, 0.15) is 0 Å². The van der Waals surface area contributed by atoms with Gasteiger partial charge >= 0.3 is 5.69 Å². The van der Waals surface area contributed by atoms with Gasteiger partial charge in [0.25, 0.3) is 0 Å². The molecule has 1 heterocycles. The van der Waals surface area contributed by atoms with Crippen molar-refractivity contribution in [2.45, 2.75) is 6.92 Å². The van der Waals surface area contributed by atoms with E-state index in [0.717, 1.165) is 5.39 Å². The van der Waals surface area contributed by atoms with Gasteiger partial charge in [-0.25, -0.2) is 0 Å². The van der Waals surface area contributed by atoms with Crippen LogP contribution in [0.3, 0.4) is 0 Å². The van der Waals surface area contributed by atoms with E-state index in [-0.39, 0.29) is 11.4 Å². The van der Waals surface area contributed by atoms with Crippen molar-refractivity contribution >= 4 is 16.6 Å². The summed E-state index contributed by atoms with van der Waals surface area (Å²) in [4.78, 5) is 10.3. The van der Waals surface area contributed by atoms with Crippen LogP contribution in [0.4, 0.5) is 5.69 Å². The topological polar surface area (TPSA) is 81.0 Å². The van der Waals surface area contributed by atoms with Gasteiger partial charge in [-0.2, -0.15) is 5.10 Å². The molecule has 0 atom stereocenters. The molecule has 0 radical (unpaired) electrons. The van der Waals surface area contributed by atoms with Gasteiger partial charge in [0.2, 0.25) is 0 Å². The minimum absolute atomic E-state index is 0.0476. The summed E-state index contributed by atoms with van der Waals surface area (Å²) >= 11 is 0. The molecule has 6 heteroatoms. The molecule has 6 nitrogen and oxygen atoms in total. The Balaban J connectivity index is 2.62. The molecule has 2 rings (SSSR count). The standard InChI is InChI=1S/C9H9N3O3/c1-2-15-9-3-6-5-10-11-7(6)4-8(9)12(13)14/h3-5H,2H2,1H3,(H,10,11). The molecule has 0 unspecified atom stereocenters. The lowest BCUT2D eigenvalue weighted by Gasteiger charge is -2.03. The first-order chi connectivity index (χ1) is 7.22. The lowest BCUT2D eigenvalue weighted by molar-refractivity contribution is -0.385. The van der Waals surface area contributed by atoms with E-state index in [0.29, 0.717) is 12.1 Å². The predicted molar refractivity (Wildman–Crippen MR) is 53.9 cm³/mol. The average molecular weight is 207 g/mol. The van der Waals surface area contributed by atoms with Crippen molar-refractivity contribution in [2.24, 2.45) is 0 Å². The van der Waals surface area contributed by atoms with E-state index in [2.05, 4.69) is 10.2 Å². The van der Waals surface area contributed by atoms with E-state index >= 15 is 0 Å². The van der Waals surface area contributed by atoms with E-state index in [1.165, 1.54) is 6.07 Å². The molecule has 1 N–H and O–H groups in total. The van der Waals surface area contributed by atoms with Crippen molar-refractivity contribution in [3.63, 3.8) is 0 Å². The highest BCUT2D eigenvalue weighted by atomic mass is 16.6. The summed E-state index contributed by atoms with van der Waals surface area (Å²) in [6.45, 7) is 2.17. The minimum atomic E-state index is -0.467. The first-order valence-electron chi connectivity index (χ1n) is 4.46. The van der Waals surface area contributed by atoms with Crippen LogP contribution in [0.5, 0.6) is 5.75 Å². The Bertz CT molecular complexity index is 506. The first-order valence-corrected chi connectivity index (χ1v) is 4.46. The second kappa shape index (κ2) is 3.56. The number of benzene rings is 1. The molecule has 15 heavy (non-hydrogen) atoms. The number of hydrogen-bond donors (Lipinski definition) is 1. The zero-order valence-electron chi connectivity index (χ0n) is 8.06. The monoisotopic (exact) mass is 207 g/mol. The number of nitro groups is 1. The summed E-state index contributed by atoms with van der Waals surface area (Å²) in [5.74, 6) is 0.274. The zero-order valence-corrected chi connectivity index (χ0v) is 8.06. The Labute approximate surface area is 85.0 Å². The number of nitrogens with zero attached hydrogens (tertiary/aromatic N) is 2. The molecule has 0 spiro atoms. The third kappa shape index (κ3) is 1.61. The summed E-state index contributed by atoms with van der Waals surface area (Å²) in [6.07, 6.45) is 1.60. The summed E-state index contributed by atoms with van der Waals surface area (Å²) < 4.78 is 5.19. The SMILES string of the molecule is CCOc1cc2cn[nH]c2cc1[N+](=O)[O-]. The molecule has 2 aromatic rings. The fourth-order valence-corrected chi connectivity index (χ4v) is 1.37. The Kier molecular flexibility index (Phi) is 2.24. The molecule has 0 bridgehead atoms. The maximum atomic E-state index is 10.8. The molecule has 1 aromatic heterocycles. The molecular formula is C9H9N3O3. The third-order valence-corrected chi connectivity index (χ3v) is 2.02. The number of aromatic nitrogens is 2. The summed E-state index contributed by atoms with van der Waals surface area (Å²) in [6, 6.07) is 3.04. The Morgan fingerprint density at radius 3 is 3.07 bits per heavy atom. The van der Waals surface area contributed by atoms with Gasteiger partial charge in [0, 0.05) is 11.5 Å². The normalized spacial score (nSPS) is 10.5. The highest BCUT2D eigenvalue weighted by molar-refractivity contribution is 5.83. The molecule has 0 aliphatic rings. The van der Waals surface area contributed by atoms with Gasteiger partial charge in [-0.3, -0.25) is 15.2 Å². The summed E-state index contributed by atoms with van der Waals surface area (Å²) in [7, 11) is 0. The van der Waals surface area contributed by atoms with E-state index < -0.39 is 4.92 Å². The van der Waals surface area contributed by atoms with Crippen molar-refractivity contribution in [3.05, 3.63) is 28.4 Å². The smallest absolute Gasteiger partial charge is 0.313 e. The van der Waals surface area contributed by atoms with Crippen molar-refractivity contribution in [3.8, 4) is 5.75 Å². The van der Waals surface area contributed by atoms with Crippen LogP contribution in [-0.4, -0.2) is 21.7 Å². The highest BCUT2D eigenvalue weighted by Gasteiger charge is 2.16. The van der Waals surface area contributed by atoms with Crippen LogP contribution in [0.2, 0.25) is 0 Å². The Morgan fingerprint density at radius 2 is 2.40 bits per heavy atom. The second-order valence-corrected chi connectivity index (χ2v) is 2.97. The molecule has 0 aliphatic heterocycles. The van der Waals surface area contributed by atoms with Gasteiger partial charge in [-0.05, 0) is 13.0 Å². The lowest BCUT2D eigenvalue weighted by atomic mass is 10.2. The van der Waals surface area contributed by atoms with Crippen LogP contribution < -0.4 is 4.74 Å². The quantitative estimate of drug-likeness (QED) is 0.615. The molecule has 0 saturated carbocycles. The maximum Gasteiger partial charge on any atom is 0.313 e. The van der Waals surface area contributed by atoms with Crippen molar-refractivity contribution < 1.29 is 9.66 Å². The first kappa shape index (κ1) is 9.45. The van der Waals surface area contributed by atoms with Crippen molar-refractivity contribution in [2.75, 3.05) is 6.61 Å². The molecular weight excluding hydrogens is 198 g/mol. The lowest BCUT2D eigenvalue weighted by Crippen LogP contribution is -1.97. The van der Waals surface area contributed by atoms with Gasteiger partial charge in [-0.15, -0.1) is 0 Å². The Hall–Kier alpha value is -2.11. The van der Waals surface area contributed by atoms with Crippen molar-refractivity contribution in [1.82, 2.24) is 10.2 Å². The fraction of sp³-hybridized carbons (Fsp3) is 0.222. The van der Waals surface area contributed by atoms with Gasteiger partial charge < -0.3 is 4.74 Å². The Morgan fingerprint density at radius 1 is 1.60 bits per heavy atom. The largest absolute Gasteiger partial charge is 0.487 e. The van der Waals surface area contributed by atoms with Crippen molar-refractivity contribution in [1.29, 1.82) is 0 Å². The van der Waals surface area contributed by atoms with E-state index in [4.69, 9.17) is 4.74 Å². The highest BCUT2D eigenvalue weighted by Crippen LogP contribution is 2.31. The second-order valence-electron chi connectivity index (χ2n) is 2.97. The van der Waals surface area contributed by atoms with Crippen LogP contribution in [0.15, 0.2) is 18.3 Å². The average Bonchev–Trinajstić information content (AvgIpc) is 2.63. The molecule has 0 saturated heterocycles. The van der Waals surface area contributed by atoms with Gasteiger partial charge in [0.05, 0.1) is 23.2 Å². The van der Waals surface area contributed by atoms with Crippen LogP contribution in [-0.2, 0) is 0 Å². The van der Waals surface area contributed by atoms with Crippen LogP contribution in [0.25, 0.3) is 10.9 Å². The predicted octanol–water partition coefficient (Wildman–Crippen LogP) is 1.87. The third-order valence-electron chi connectivity index (χ3n) is 2.02. The zero-order chi connectivity index (χ0) is 10.8. The van der Waals surface area contributed by atoms with Gasteiger partial charge in [0.15, 0.2) is 5.75 Å². The molecule has 1 aromatic carbocycles. The van der Waals surface area contributed by atoms with Crippen LogP contribution in [0, 0.1) is 10.1 Å². The molecule has 0 amide bonds. The van der Waals surface area contributed by atoms with E-state index in [9.17, 15) is 10.1 Å². The molecule has 0 aliphatic carbocycles. The number of hydrogen-bond acceptors (Lipinski definition) is 4. The fourth-order valence-electron chi connectivity index (χ4n) is 1.37. The molecule has 0 fully saturated rings. The number of nitro benzene ring substituents is 1. The summed E-state index contributed by atoms with van der Waals surface area (Å²) in [5, 5.41) is 18.0. The minimum Gasteiger partial charge on any atom is -0.487 e. The number of H-pyrrole nitrogens is 1. The number of ether oxygens (including phenoxy) is 1. The number of fused-ring (bicyclic) bond motifs is 1. The van der Waals surface area contributed by atoms with E-state index in [1.807, 2.05) is 0 Å². The number of nitrogens with one attached hydrogen (secondary N) is 1.